The van der Waals surface area contributed by atoms with Crippen molar-refractivity contribution in [1.29, 1.82) is 0 Å². The highest BCUT2D eigenvalue weighted by Crippen LogP contribution is 2.37. The maximum absolute atomic E-state index is 12.1. The SMILES string of the molecule is COC(=O)C(C)(C)C1CCCN(c2cc3ccccc3c(Cl)n2)C1. The Hall–Kier alpha value is -1.81. The van der Waals surface area contributed by atoms with Crippen molar-refractivity contribution >= 4 is 34.2 Å². The van der Waals surface area contributed by atoms with Gasteiger partial charge in [-0.25, -0.2) is 4.98 Å². The molecule has 128 valence electrons. The minimum Gasteiger partial charge on any atom is -0.469 e. The number of rotatable bonds is 3. The van der Waals surface area contributed by atoms with Crippen LogP contribution in [0.15, 0.2) is 30.3 Å². The van der Waals surface area contributed by atoms with E-state index in [1.807, 2.05) is 38.1 Å². The van der Waals surface area contributed by atoms with E-state index in [1.165, 1.54) is 7.11 Å². The predicted octanol–water partition coefficient (Wildman–Crippen LogP) is 4.30. The smallest absolute Gasteiger partial charge is 0.311 e. The summed E-state index contributed by atoms with van der Waals surface area (Å²) in [5, 5.41) is 2.57. The van der Waals surface area contributed by atoms with E-state index < -0.39 is 5.41 Å². The van der Waals surface area contributed by atoms with Crippen LogP contribution in [-0.4, -0.2) is 31.2 Å². The summed E-state index contributed by atoms with van der Waals surface area (Å²) in [6.45, 7) is 5.64. The van der Waals surface area contributed by atoms with Gasteiger partial charge in [0.2, 0.25) is 0 Å². The number of halogens is 1. The van der Waals surface area contributed by atoms with Crippen LogP contribution in [0.1, 0.15) is 26.7 Å². The number of piperidine rings is 1. The third kappa shape index (κ3) is 3.07. The number of fused-ring (bicyclic) bond motifs is 1. The third-order valence-electron chi connectivity index (χ3n) is 5.16. The van der Waals surface area contributed by atoms with E-state index in [1.54, 1.807) is 0 Å². The van der Waals surface area contributed by atoms with Crippen molar-refractivity contribution in [3.05, 3.63) is 35.5 Å². The maximum Gasteiger partial charge on any atom is 0.311 e. The molecule has 0 amide bonds. The molecule has 5 heteroatoms. The second kappa shape index (κ2) is 6.60. The monoisotopic (exact) mass is 346 g/mol. The molecule has 2 heterocycles. The summed E-state index contributed by atoms with van der Waals surface area (Å²) in [4.78, 5) is 18.9. The molecule has 1 aliphatic heterocycles. The van der Waals surface area contributed by atoms with E-state index in [2.05, 4.69) is 16.0 Å². The number of aromatic nitrogens is 1. The van der Waals surface area contributed by atoms with Gasteiger partial charge in [0.15, 0.2) is 0 Å². The highest BCUT2D eigenvalue weighted by molar-refractivity contribution is 6.34. The zero-order chi connectivity index (χ0) is 17.3. The molecule has 1 aromatic carbocycles. The van der Waals surface area contributed by atoms with E-state index in [0.29, 0.717) is 5.15 Å². The number of pyridine rings is 1. The van der Waals surface area contributed by atoms with Gasteiger partial charge in [-0.3, -0.25) is 4.79 Å². The van der Waals surface area contributed by atoms with Gasteiger partial charge in [-0.05, 0) is 44.1 Å². The number of ether oxygens (including phenoxy) is 1. The Balaban J connectivity index is 1.89. The van der Waals surface area contributed by atoms with Crippen molar-refractivity contribution in [2.75, 3.05) is 25.1 Å². The molecular weight excluding hydrogens is 324 g/mol. The zero-order valence-electron chi connectivity index (χ0n) is 14.4. The first-order valence-corrected chi connectivity index (χ1v) is 8.70. The average Bonchev–Trinajstić information content (AvgIpc) is 2.61. The highest BCUT2D eigenvalue weighted by Gasteiger charge is 2.40. The van der Waals surface area contributed by atoms with E-state index in [-0.39, 0.29) is 11.9 Å². The largest absolute Gasteiger partial charge is 0.469 e. The molecule has 1 aromatic heterocycles. The molecule has 0 bridgehead atoms. The summed E-state index contributed by atoms with van der Waals surface area (Å²) in [7, 11) is 1.45. The number of anilines is 1. The van der Waals surface area contributed by atoms with Crippen molar-refractivity contribution in [3.63, 3.8) is 0 Å². The summed E-state index contributed by atoms with van der Waals surface area (Å²) < 4.78 is 4.99. The van der Waals surface area contributed by atoms with Crippen LogP contribution in [0.4, 0.5) is 5.82 Å². The fourth-order valence-corrected chi connectivity index (χ4v) is 3.77. The number of benzene rings is 1. The number of esters is 1. The second-order valence-electron chi connectivity index (χ2n) is 6.99. The van der Waals surface area contributed by atoms with E-state index in [4.69, 9.17) is 16.3 Å². The molecule has 1 unspecified atom stereocenters. The minimum atomic E-state index is -0.506. The Morgan fingerprint density at radius 2 is 2.12 bits per heavy atom. The van der Waals surface area contributed by atoms with E-state index in [9.17, 15) is 4.79 Å². The first-order chi connectivity index (χ1) is 11.4. The van der Waals surface area contributed by atoms with Gasteiger partial charge in [-0.1, -0.05) is 35.9 Å². The number of carbonyl (C=O) groups excluding carboxylic acids is 1. The van der Waals surface area contributed by atoms with Gasteiger partial charge in [0.25, 0.3) is 0 Å². The Labute approximate surface area is 147 Å². The van der Waals surface area contributed by atoms with Crippen LogP contribution in [0.5, 0.6) is 0 Å². The summed E-state index contributed by atoms with van der Waals surface area (Å²) in [5.41, 5.74) is -0.506. The third-order valence-corrected chi connectivity index (χ3v) is 5.45. The lowest BCUT2D eigenvalue weighted by Gasteiger charge is -2.40. The lowest BCUT2D eigenvalue weighted by Crippen LogP contribution is -2.45. The molecule has 1 fully saturated rings. The fourth-order valence-electron chi connectivity index (χ4n) is 3.51. The normalized spacial score (nSPS) is 18.7. The molecule has 0 radical (unpaired) electrons. The van der Waals surface area contributed by atoms with Gasteiger partial charge in [0.1, 0.15) is 11.0 Å². The molecule has 0 N–H and O–H groups in total. The Kier molecular flexibility index (Phi) is 4.68. The molecule has 3 rings (SSSR count). The van der Waals surface area contributed by atoms with Crippen LogP contribution in [0.2, 0.25) is 5.15 Å². The van der Waals surface area contributed by atoms with Crippen LogP contribution >= 0.6 is 11.6 Å². The predicted molar refractivity (Wildman–Crippen MR) is 97.5 cm³/mol. The molecule has 24 heavy (non-hydrogen) atoms. The average molecular weight is 347 g/mol. The number of carbonyl (C=O) groups is 1. The van der Waals surface area contributed by atoms with Gasteiger partial charge in [0, 0.05) is 18.5 Å². The number of methoxy groups -OCH3 is 1. The van der Waals surface area contributed by atoms with Crippen LogP contribution < -0.4 is 4.90 Å². The molecule has 4 nitrogen and oxygen atoms in total. The number of nitrogens with zero attached hydrogens (tertiary/aromatic N) is 2. The number of hydrogen-bond donors (Lipinski definition) is 0. The molecule has 0 saturated carbocycles. The molecule has 2 aromatic rings. The van der Waals surface area contributed by atoms with E-state index >= 15 is 0 Å². The lowest BCUT2D eigenvalue weighted by atomic mass is 9.74. The standard InChI is InChI=1S/C19H23ClN2O2/c1-19(2,18(23)24-3)14-8-6-10-22(12-14)16-11-13-7-4-5-9-15(13)17(20)21-16/h4-5,7,9,11,14H,6,8,10,12H2,1-3H3. The summed E-state index contributed by atoms with van der Waals surface area (Å²) >= 11 is 6.37. The quantitative estimate of drug-likeness (QED) is 0.613. The minimum absolute atomic E-state index is 0.154. The van der Waals surface area contributed by atoms with Crippen molar-refractivity contribution in [2.24, 2.45) is 11.3 Å². The second-order valence-corrected chi connectivity index (χ2v) is 7.35. The molecule has 1 saturated heterocycles. The molecule has 1 aliphatic rings. The molecule has 1 atom stereocenters. The summed E-state index contributed by atoms with van der Waals surface area (Å²) in [6.07, 6.45) is 2.04. The van der Waals surface area contributed by atoms with Crippen LogP contribution in [0.3, 0.4) is 0 Å². The number of hydrogen-bond acceptors (Lipinski definition) is 4. The van der Waals surface area contributed by atoms with Crippen LogP contribution in [0.25, 0.3) is 10.8 Å². The van der Waals surface area contributed by atoms with Gasteiger partial charge in [-0.15, -0.1) is 0 Å². The van der Waals surface area contributed by atoms with Gasteiger partial charge in [-0.2, -0.15) is 0 Å². The Bertz CT molecular complexity index is 760. The van der Waals surface area contributed by atoms with Crippen LogP contribution in [0, 0.1) is 11.3 Å². The summed E-state index contributed by atoms with van der Waals surface area (Å²) in [5.74, 6) is 0.952. The topological polar surface area (TPSA) is 42.4 Å². The summed E-state index contributed by atoms with van der Waals surface area (Å²) in [6, 6.07) is 10.1. The van der Waals surface area contributed by atoms with Crippen molar-refractivity contribution in [3.8, 4) is 0 Å². The first kappa shape index (κ1) is 17.0. The fraction of sp³-hybridized carbons (Fsp3) is 0.474. The van der Waals surface area contributed by atoms with Crippen molar-refractivity contribution < 1.29 is 9.53 Å². The molecular formula is C19H23ClN2O2. The highest BCUT2D eigenvalue weighted by atomic mass is 35.5. The maximum atomic E-state index is 12.1. The molecule has 0 spiro atoms. The van der Waals surface area contributed by atoms with Crippen LogP contribution in [-0.2, 0) is 9.53 Å². The van der Waals surface area contributed by atoms with Crippen molar-refractivity contribution in [1.82, 2.24) is 4.98 Å². The zero-order valence-corrected chi connectivity index (χ0v) is 15.1. The Morgan fingerprint density at radius 1 is 1.38 bits per heavy atom. The van der Waals surface area contributed by atoms with E-state index in [0.717, 1.165) is 42.5 Å². The Morgan fingerprint density at radius 3 is 2.88 bits per heavy atom. The first-order valence-electron chi connectivity index (χ1n) is 8.32. The van der Waals surface area contributed by atoms with Gasteiger partial charge in [0.05, 0.1) is 12.5 Å². The lowest BCUT2D eigenvalue weighted by molar-refractivity contribution is -0.154. The van der Waals surface area contributed by atoms with Crippen molar-refractivity contribution in [2.45, 2.75) is 26.7 Å². The van der Waals surface area contributed by atoms with Gasteiger partial charge >= 0.3 is 5.97 Å². The van der Waals surface area contributed by atoms with Gasteiger partial charge < -0.3 is 9.64 Å². The molecule has 0 aliphatic carbocycles.